The highest BCUT2D eigenvalue weighted by molar-refractivity contribution is 5.95. The Morgan fingerprint density at radius 2 is 2.50 bits per heavy atom. The van der Waals surface area contributed by atoms with E-state index < -0.39 is 0 Å². The van der Waals surface area contributed by atoms with Crippen molar-refractivity contribution < 1.29 is 9.53 Å². The number of hydrogen-bond acceptors (Lipinski definition) is 4. The molecule has 0 radical (unpaired) electrons. The standard InChI is InChI=1S/C12H16N2O2/c15-12(11-5-1-2-6-14-11)9-16-8-10-4-3-7-13-10/h1-2,5-6,10,13H,3-4,7-9H2/t10-/m1/s1. The van der Waals surface area contributed by atoms with E-state index in [4.69, 9.17) is 4.74 Å². The highest BCUT2D eigenvalue weighted by Crippen LogP contribution is 2.05. The number of Topliss-reactive ketones (excluding diaryl/α,β-unsaturated/α-hetero) is 1. The van der Waals surface area contributed by atoms with Crippen molar-refractivity contribution in [3.8, 4) is 0 Å². The van der Waals surface area contributed by atoms with E-state index in [0.717, 1.165) is 13.0 Å². The Morgan fingerprint density at radius 3 is 3.19 bits per heavy atom. The Morgan fingerprint density at radius 1 is 1.56 bits per heavy atom. The zero-order valence-electron chi connectivity index (χ0n) is 9.19. The minimum atomic E-state index is -0.0569. The summed E-state index contributed by atoms with van der Waals surface area (Å²) in [7, 11) is 0. The molecule has 1 atom stereocenters. The number of rotatable bonds is 5. The first-order valence-corrected chi connectivity index (χ1v) is 5.61. The molecule has 86 valence electrons. The van der Waals surface area contributed by atoms with Crippen molar-refractivity contribution in [3.05, 3.63) is 30.1 Å². The van der Waals surface area contributed by atoms with Crippen LogP contribution in [0.3, 0.4) is 0 Å². The third-order valence-electron chi connectivity index (χ3n) is 2.67. The molecule has 2 heterocycles. The number of carbonyl (C=O) groups excluding carboxylic acids is 1. The second-order valence-electron chi connectivity index (χ2n) is 3.95. The summed E-state index contributed by atoms with van der Waals surface area (Å²) in [5, 5.41) is 3.32. The molecule has 16 heavy (non-hydrogen) atoms. The van der Waals surface area contributed by atoms with Crippen molar-refractivity contribution in [2.24, 2.45) is 0 Å². The summed E-state index contributed by atoms with van der Waals surface area (Å²) in [5.41, 5.74) is 0.474. The van der Waals surface area contributed by atoms with Gasteiger partial charge in [0.05, 0.1) is 6.61 Å². The largest absolute Gasteiger partial charge is 0.372 e. The van der Waals surface area contributed by atoms with Gasteiger partial charge in [-0.25, -0.2) is 0 Å². The van der Waals surface area contributed by atoms with Crippen LogP contribution >= 0.6 is 0 Å². The van der Waals surface area contributed by atoms with Gasteiger partial charge >= 0.3 is 0 Å². The molecule has 1 aromatic rings. The molecule has 1 aliphatic heterocycles. The fourth-order valence-corrected chi connectivity index (χ4v) is 1.79. The summed E-state index contributed by atoms with van der Waals surface area (Å²) in [6.45, 7) is 1.79. The molecule has 0 aliphatic carbocycles. The molecule has 1 fully saturated rings. The van der Waals surface area contributed by atoms with Gasteiger partial charge in [0.25, 0.3) is 0 Å². The minimum absolute atomic E-state index is 0.0569. The van der Waals surface area contributed by atoms with Gasteiger partial charge in [0.1, 0.15) is 12.3 Å². The predicted molar refractivity (Wildman–Crippen MR) is 60.4 cm³/mol. The first-order chi connectivity index (χ1) is 7.86. The fraction of sp³-hybridized carbons (Fsp3) is 0.500. The Labute approximate surface area is 95.0 Å². The summed E-state index contributed by atoms with van der Waals surface area (Å²) < 4.78 is 5.38. The number of ketones is 1. The number of pyridine rings is 1. The molecule has 0 bridgehead atoms. The lowest BCUT2D eigenvalue weighted by atomic mass is 10.2. The van der Waals surface area contributed by atoms with Crippen LogP contribution < -0.4 is 5.32 Å². The third kappa shape index (κ3) is 3.12. The number of nitrogens with zero attached hydrogens (tertiary/aromatic N) is 1. The topological polar surface area (TPSA) is 51.2 Å². The normalized spacial score (nSPS) is 19.9. The number of aromatic nitrogens is 1. The number of nitrogens with one attached hydrogen (secondary N) is 1. The maximum atomic E-state index is 11.6. The molecule has 0 amide bonds. The van der Waals surface area contributed by atoms with Crippen molar-refractivity contribution >= 4 is 5.78 Å². The molecule has 1 aliphatic rings. The van der Waals surface area contributed by atoms with Crippen LogP contribution in [0.15, 0.2) is 24.4 Å². The molecule has 4 nitrogen and oxygen atoms in total. The van der Waals surface area contributed by atoms with Gasteiger partial charge < -0.3 is 10.1 Å². The molecule has 0 spiro atoms. The van der Waals surface area contributed by atoms with Crippen molar-refractivity contribution in [1.29, 1.82) is 0 Å². The Balaban J connectivity index is 1.71. The van der Waals surface area contributed by atoms with Crippen LogP contribution in [0.2, 0.25) is 0 Å². The smallest absolute Gasteiger partial charge is 0.206 e. The van der Waals surface area contributed by atoms with E-state index in [-0.39, 0.29) is 12.4 Å². The molecule has 0 aromatic carbocycles. The molecule has 0 saturated carbocycles. The average molecular weight is 220 g/mol. The van der Waals surface area contributed by atoms with Crippen molar-refractivity contribution in [3.63, 3.8) is 0 Å². The average Bonchev–Trinajstić information content (AvgIpc) is 2.83. The molecule has 0 unspecified atom stereocenters. The Hall–Kier alpha value is -1.26. The molecule has 4 heteroatoms. The van der Waals surface area contributed by atoms with Gasteiger partial charge in [-0.1, -0.05) is 6.07 Å². The van der Waals surface area contributed by atoms with E-state index in [9.17, 15) is 4.79 Å². The van der Waals surface area contributed by atoms with Gasteiger partial charge in [0, 0.05) is 12.2 Å². The van der Waals surface area contributed by atoms with Crippen LogP contribution in [0.25, 0.3) is 0 Å². The van der Waals surface area contributed by atoms with Crippen LogP contribution in [0.4, 0.5) is 0 Å². The maximum Gasteiger partial charge on any atom is 0.206 e. The van der Waals surface area contributed by atoms with Crippen LogP contribution in [-0.2, 0) is 4.74 Å². The highest BCUT2D eigenvalue weighted by Gasteiger charge is 2.14. The molecule has 1 N–H and O–H groups in total. The Bertz CT molecular complexity index is 334. The van der Waals surface area contributed by atoms with Crippen LogP contribution in [0.1, 0.15) is 23.3 Å². The predicted octanol–water partition coefficient (Wildman–Crippen LogP) is 1.03. The Kier molecular flexibility index (Phi) is 4.02. The van der Waals surface area contributed by atoms with Crippen LogP contribution in [0, 0.1) is 0 Å². The van der Waals surface area contributed by atoms with E-state index in [1.54, 1.807) is 24.4 Å². The number of hydrogen-bond donors (Lipinski definition) is 1. The maximum absolute atomic E-state index is 11.6. The zero-order valence-corrected chi connectivity index (χ0v) is 9.19. The lowest BCUT2D eigenvalue weighted by molar-refractivity contribution is 0.0718. The summed E-state index contributed by atoms with van der Waals surface area (Å²) in [4.78, 5) is 15.6. The summed E-state index contributed by atoms with van der Waals surface area (Å²) >= 11 is 0. The van der Waals surface area contributed by atoms with E-state index in [1.807, 2.05) is 0 Å². The molecular weight excluding hydrogens is 204 g/mol. The zero-order chi connectivity index (χ0) is 11.2. The van der Waals surface area contributed by atoms with E-state index in [0.29, 0.717) is 18.3 Å². The van der Waals surface area contributed by atoms with Crippen molar-refractivity contribution in [2.45, 2.75) is 18.9 Å². The number of ether oxygens (including phenoxy) is 1. The van der Waals surface area contributed by atoms with Crippen molar-refractivity contribution in [2.75, 3.05) is 19.8 Å². The van der Waals surface area contributed by atoms with Crippen molar-refractivity contribution in [1.82, 2.24) is 10.3 Å². The quantitative estimate of drug-likeness (QED) is 0.753. The van der Waals surface area contributed by atoms with E-state index in [2.05, 4.69) is 10.3 Å². The van der Waals surface area contributed by atoms with Gasteiger partial charge in [-0.3, -0.25) is 9.78 Å². The van der Waals surface area contributed by atoms with Gasteiger partial charge in [0.2, 0.25) is 5.78 Å². The second-order valence-corrected chi connectivity index (χ2v) is 3.95. The summed E-state index contributed by atoms with van der Waals surface area (Å²) in [6, 6.07) is 5.72. The van der Waals surface area contributed by atoms with Crippen LogP contribution in [-0.4, -0.2) is 36.6 Å². The van der Waals surface area contributed by atoms with Gasteiger partial charge in [-0.2, -0.15) is 0 Å². The molecule has 2 rings (SSSR count). The first kappa shape index (κ1) is 11.2. The minimum Gasteiger partial charge on any atom is -0.372 e. The lowest BCUT2D eigenvalue weighted by Gasteiger charge is -2.09. The van der Waals surface area contributed by atoms with E-state index in [1.165, 1.54) is 6.42 Å². The number of carbonyl (C=O) groups is 1. The molecule has 1 aromatic heterocycles. The SMILES string of the molecule is O=C(COC[C@H]1CCCN1)c1ccccn1. The second kappa shape index (κ2) is 5.72. The summed E-state index contributed by atoms with van der Waals surface area (Å²) in [5.74, 6) is -0.0569. The third-order valence-corrected chi connectivity index (χ3v) is 2.67. The van der Waals surface area contributed by atoms with Crippen LogP contribution in [0.5, 0.6) is 0 Å². The van der Waals surface area contributed by atoms with Gasteiger partial charge in [0.15, 0.2) is 0 Å². The molecule has 1 saturated heterocycles. The molecular formula is C12H16N2O2. The summed E-state index contributed by atoms with van der Waals surface area (Å²) in [6.07, 6.45) is 3.95. The van der Waals surface area contributed by atoms with Gasteiger partial charge in [-0.05, 0) is 31.5 Å². The highest BCUT2D eigenvalue weighted by atomic mass is 16.5. The first-order valence-electron chi connectivity index (χ1n) is 5.61. The monoisotopic (exact) mass is 220 g/mol. The van der Waals surface area contributed by atoms with Gasteiger partial charge in [-0.15, -0.1) is 0 Å². The lowest BCUT2D eigenvalue weighted by Crippen LogP contribution is -2.28. The van der Waals surface area contributed by atoms with E-state index >= 15 is 0 Å². The fourth-order valence-electron chi connectivity index (χ4n) is 1.79.